The molecule has 0 aliphatic heterocycles. The smallest absolute Gasteiger partial charge is 0.117 e. The monoisotopic (exact) mass is 196 g/mol. The number of fused-ring (bicyclic) bond motifs is 1. The Morgan fingerprint density at radius 2 is 2.00 bits per heavy atom. The second kappa shape index (κ2) is 3.13. The summed E-state index contributed by atoms with van der Waals surface area (Å²) >= 11 is 0. The second-order valence-electron chi connectivity index (χ2n) is 3.93. The van der Waals surface area contributed by atoms with Gasteiger partial charge in [-0.3, -0.25) is 0 Å². The molecule has 1 atom stereocenters. The summed E-state index contributed by atoms with van der Waals surface area (Å²) in [6, 6.07) is 10.5. The summed E-state index contributed by atoms with van der Waals surface area (Å²) < 4.78 is 5.55. The minimum Gasteiger partial charge on any atom is -0.468 e. The molecule has 1 aromatic heterocycles. The molecule has 1 nitrogen and oxygen atoms in total. The van der Waals surface area contributed by atoms with Gasteiger partial charge in [0.1, 0.15) is 5.76 Å². The van der Waals surface area contributed by atoms with Crippen LogP contribution in [0.1, 0.15) is 28.4 Å². The third-order valence-corrected chi connectivity index (χ3v) is 2.98. The van der Waals surface area contributed by atoms with Crippen LogP contribution in [0.3, 0.4) is 0 Å². The Morgan fingerprint density at radius 3 is 2.80 bits per heavy atom. The van der Waals surface area contributed by atoms with Gasteiger partial charge in [0.2, 0.25) is 0 Å². The molecule has 0 radical (unpaired) electrons. The minimum atomic E-state index is 0.302. The van der Waals surface area contributed by atoms with Crippen LogP contribution >= 0.6 is 0 Å². The van der Waals surface area contributed by atoms with Gasteiger partial charge in [-0.25, -0.2) is 0 Å². The molecule has 0 saturated heterocycles. The van der Waals surface area contributed by atoms with Crippen molar-refractivity contribution in [1.29, 1.82) is 0 Å². The van der Waals surface area contributed by atoms with Gasteiger partial charge in [-0.05, 0) is 29.7 Å². The van der Waals surface area contributed by atoms with Gasteiger partial charge in [0.05, 0.1) is 12.2 Å². The highest BCUT2D eigenvalue weighted by Crippen LogP contribution is 2.36. The summed E-state index contributed by atoms with van der Waals surface area (Å²) in [7, 11) is 0. The van der Waals surface area contributed by atoms with Gasteiger partial charge in [0.15, 0.2) is 0 Å². The van der Waals surface area contributed by atoms with Gasteiger partial charge >= 0.3 is 0 Å². The van der Waals surface area contributed by atoms with E-state index in [2.05, 4.69) is 43.3 Å². The molecule has 3 rings (SSSR count). The molecule has 74 valence electrons. The standard InChI is InChI=1S/C14H12O/c1-10-8-9-15-14(10)13-7-6-11-4-2-3-5-12(11)13/h2-9,13H,1H3. The predicted molar refractivity (Wildman–Crippen MR) is 60.8 cm³/mol. The van der Waals surface area contributed by atoms with Crippen molar-refractivity contribution in [2.75, 3.05) is 0 Å². The van der Waals surface area contributed by atoms with E-state index in [1.807, 2.05) is 6.07 Å². The van der Waals surface area contributed by atoms with Crippen molar-refractivity contribution in [2.45, 2.75) is 12.8 Å². The largest absolute Gasteiger partial charge is 0.468 e. The SMILES string of the molecule is Cc1ccoc1C1C=Cc2ccccc21. The molecule has 1 heteroatoms. The molecular formula is C14H12O. The average Bonchev–Trinajstić information content (AvgIpc) is 2.83. The molecule has 0 saturated carbocycles. The molecule has 1 aliphatic carbocycles. The van der Waals surface area contributed by atoms with E-state index in [-0.39, 0.29) is 0 Å². The average molecular weight is 196 g/mol. The zero-order valence-electron chi connectivity index (χ0n) is 8.60. The lowest BCUT2D eigenvalue weighted by molar-refractivity contribution is 0.505. The number of allylic oxidation sites excluding steroid dienone is 1. The first-order valence-corrected chi connectivity index (χ1v) is 5.17. The van der Waals surface area contributed by atoms with Gasteiger partial charge in [0.25, 0.3) is 0 Å². The fourth-order valence-electron chi connectivity index (χ4n) is 2.18. The van der Waals surface area contributed by atoms with Crippen molar-refractivity contribution in [3.63, 3.8) is 0 Å². The first-order chi connectivity index (χ1) is 7.36. The number of rotatable bonds is 1. The molecule has 15 heavy (non-hydrogen) atoms. The van der Waals surface area contributed by atoms with Crippen LogP contribution in [0.5, 0.6) is 0 Å². The normalized spacial score (nSPS) is 18.1. The van der Waals surface area contributed by atoms with Crippen molar-refractivity contribution in [3.8, 4) is 0 Å². The molecule has 0 fully saturated rings. The van der Waals surface area contributed by atoms with Crippen LogP contribution < -0.4 is 0 Å². The molecule has 2 aromatic rings. The van der Waals surface area contributed by atoms with E-state index < -0.39 is 0 Å². The van der Waals surface area contributed by atoms with E-state index in [0.717, 1.165) is 5.76 Å². The Balaban J connectivity index is 2.12. The lowest BCUT2D eigenvalue weighted by Crippen LogP contribution is -1.95. The maximum atomic E-state index is 5.55. The Kier molecular flexibility index (Phi) is 1.78. The number of hydrogen-bond donors (Lipinski definition) is 0. The topological polar surface area (TPSA) is 13.1 Å². The van der Waals surface area contributed by atoms with Gasteiger partial charge < -0.3 is 4.42 Å². The molecule has 0 spiro atoms. The summed E-state index contributed by atoms with van der Waals surface area (Å²) in [4.78, 5) is 0. The fourth-order valence-corrected chi connectivity index (χ4v) is 2.18. The highest BCUT2D eigenvalue weighted by Gasteiger charge is 2.22. The van der Waals surface area contributed by atoms with E-state index in [4.69, 9.17) is 4.42 Å². The summed E-state index contributed by atoms with van der Waals surface area (Å²) in [5, 5.41) is 0. The van der Waals surface area contributed by atoms with Crippen LogP contribution in [0, 0.1) is 6.92 Å². The number of furan rings is 1. The zero-order chi connectivity index (χ0) is 10.3. The quantitative estimate of drug-likeness (QED) is 0.677. The highest BCUT2D eigenvalue weighted by molar-refractivity contribution is 5.64. The van der Waals surface area contributed by atoms with E-state index in [9.17, 15) is 0 Å². The maximum Gasteiger partial charge on any atom is 0.117 e. The Labute approximate surface area is 89.0 Å². The zero-order valence-corrected chi connectivity index (χ0v) is 8.60. The minimum absolute atomic E-state index is 0.302. The Morgan fingerprint density at radius 1 is 1.13 bits per heavy atom. The van der Waals surface area contributed by atoms with Gasteiger partial charge in [-0.15, -0.1) is 0 Å². The highest BCUT2D eigenvalue weighted by atomic mass is 16.3. The van der Waals surface area contributed by atoms with Crippen LogP contribution in [0.25, 0.3) is 6.08 Å². The molecule has 0 N–H and O–H groups in total. The van der Waals surface area contributed by atoms with Crippen molar-refractivity contribution in [3.05, 3.63) is 65.1 Å². The first kappa shape index (κ1) is 8.54. The van der Waals surface area contributed by atoms with E-state index in [1.54, 1.807) is 6.26 Å². The van der Waals surface area contributed by atoms with Crippen molar-refractivity contribution in [1.82, 2.24) is 0 Å². The molecular weight excluding hydrogens is 184 g/mol. The van der Waals surface area contributed by atoms with Crippen LogP contribution in [0.2, 0.25) is 0 Å². The number of aryl methyl sites for hydroxylation is 1. The van der Waals surface area contributed by atoms with Gasteiger partial charge in [-0.2, -0.15) is 0 Å². The lowest BCUT2D eigenvalue weighted by atomic mass is 9.96. The summed E-state index contributed by atoms with van der Waals surface area (Å²) in [6.07, 6.45) is 6.14. The Hall–Kier alpha value is -1.76. The van der Waals surface area contributed by atoms with Crippen LogP contribution in [0.4, 0.5) is 0 Å². The molecule has 0 bridgehead atoms. The van der Waals surface area contributed by atoms with Crippen molar-refractivity contribution in [2.24, 2.45) is 0 Å². The molecule has 0 amide bonds. The second-order valence-corrected chi connectivity index (χ2v) is 3.93. The van der Waals surface area contributed by atoms with Gasteiger partial charge in [-0.1, -0.05) is 36.4 Å². The van der Waals surface area contributed by atoms with Crippen LogP contribution in [-0.4, -0.2) is 0 Å². The molecule has 1 heterocycles. The fraction of sp³-hybridized carbons (Fsp3) is 0.143. The van der Waals surface area contributed by atoms with Crippen molar-refractivity contribution >= 4 is 6.08 Å². The van der Waals surface area contributed by atoms with Crippen LogP contribution in [-0.2, 0) is 0 Å². The van der Waals surface area contributed by atoms with E-state index in [0.29, 0.717) is 5.92 Å². The third kappa shape index (κ3) is 1.23. The third-order valence-electron chi connectivity index (χ3n) is 2.98. The van der Waals surface area contributed by atoms with Crippen LogP contribution in [0.15, 0.2) is 47.1 Å². The first-order valence-electron chi connectivity index (χ1n) is 5.17. The number of benzene rings is 1. The molecule has 1 unspecified atom stereocenters. The Bertz CT molecular complexity index is 520. The van der Waals surface area contributed by atoms with Crippen molar-refractivity contribution < 1.29 is 4.42 Å². The summed E-state index contributed by atoms with van der Waals surface area (Å²) in [5.74, 6) is 1.37. The molecule has 1 aliphatic rings. The molecule has 1 aromatic carbocycles. The van der Waals surface area contributed by atoms with E-state index >= 15 is 0 Å². The lowest BCUT2D eigenvalue weighted by Gasteiger charge is -2.08. The van der Waals surface area contributed by atoms with E-state index in [1.165, 1.54) is 16.7 Å². The maximum absolute atomic E-state index is 5.55. The number of hydrogen-bond acceptors (Lipinski definition) is 1. The van der Waals surface area contributed by atoms with Gasteiger partial charge in [0, 0.05) is 0 Å². The summed E-state index contributed by atoms with van der Waals surface area (Å²) in [5.41, 5.74) is 3.87. The predicted octanol–water partition coefficient (Wildman–Crippen LogP) is 3.75. The summed E-state index contributed by atoms with van der Waals surface area (Å²) in [6.45, 7) is 2.09.